The van der Waals surface area contributed by atoms with Crippen molar-refractivity contribution in [1.29, 1.82) is 0 Å². The van der Waals surface area contributed by atoms with Crippen molar-refractivity contribution < 1.29 is 13.9 Å². The molecule has 0 amide bonds. The topological polar surface area (TPSA) is 75.9 Å². The number of furan rings is 1. The molecule has 0 aliphatic heterocycles. The van der Waals surface area contributed by atoms with Crippen LogP contribution < -0.4 is 10.6 Å². The molecular formula is C13H21N3O3S. The number of aliphatic imine (C=N–C) groups is 1. The molecule has 0 saturated heterocycles. The second-order valence-corrected chi connectivity index (χ2v) is 5.01. The van der Waals surface area contributed by atoms with Gasteiger partial charge in [-0.05, 0) is 19.2 Å². The number of esters is 1. The number of guanidine groups is 1. The van der Waals surface area contributed by atoms with Gasteiger partial charge in [-0.15, -0.1) is 0 Å². The number of ether oxygens (including phenoxy) is 1. The van der Waals surface area contributed by atoms with Gasteiger partial charge in [-0.2, -0.15) is 11.8 Å². The van der Waals surface area contributed by atoms with Gasteiger partial charge in [0.15, 0.2) is 5.96 Å². The molecule has 112 valence electrons. The molecule has 0 aliphatic rings. The second-order valence-electron chi connectivity index (χ2n) is 4.02. The molecule has 2 N–H and O–H groups in total. The highest BCUT2D eigenvalue weighted by Crippen LogP contribution is 2.15. The first-order valence-electron chi connectivity index (χ1n) is 6.23. The summed E-state index contributed by atoms with van der Waals surface area (Å²) in [4.78, 5) is 15.6. The molecule has 0 unspecified atom stereocenters. The summed E-state index contributed by atoms with van der Waals surface area (Å²) >= 11 is 1.76. The lowest BCUT2D eigenvalue weighted by Crippen LogP contribution is -2.37. The van der Waals surface area contributed by atoms with Crippen LogP contribution in [0.4, 0.5) is 0 Å². The van der Waals surface area contributed by atoms with Crippen molar-refractivity contribution in [2.75, 3.05) is 32.7 Å². The van der Waals surface area contributed by atoms with E-state index in [0.717, 1.165) is 12.3 Å². The molecule has 1 aromatic rings. The minimum Gasteiger partial charge on any atom is -0.465 e. The molecule has 1 aromatic heterocycles. The van der Waals surface area contributed by atoms with Crippen LogP contribution >= 0.6 is 11.8 Å². The fraction of sp³-hybridized carbons (Fsp3) is 0.538. The van der Waals surface area contributed by atoms with Gasteiger partial charge in [0.2, 0.25) is 0 Å². The lowest BCUT2D eigenvalue weighted by Gasteiger charge is -2.09. The van der Waals surface area contributed by atoms with Crippen molar-refractivity contribution in [3.8, 4) is 0 Å². The Bertz CT molecular complexity index is 471. The Morgan fingerprint density at radius 1 is 1.50 bits per heavy atom. The van der Waals surface area contributed by atoms with Crippen LogP contribution in [-0.2, 0) is 11.3 Å². The van der Waals surface area contributed by atoms with Gasteiger partial charge in [0.25, 0.3) is 0 Å². The van der Waals surface area contributed by atoms with Gasteiger partial charge >= 0.3 is 5.97 Å². The fourth-order valence-corrected chi connectivity index (χ4v) is 1.91. The Hall–Kier alpha value is -1.63. The normalized spacial score (nSPS) is 11.3. The van der Waals surface area contributed by atoms with E-state index in [1.165, 1.54) is 7.11 Å². The number of methoxy groups -OCH3 is 1. The van der Waals surface area contributed by atoms with Gasteiger partial charge in [-0.3, -0.25) is 4.99 Å². The number of carbonyl (C=O) groups excluding carboxylic acids is 1. The molecule has 0 aromatic carbocycles. The summed E-state index contributed by atoms with van der Waals surface area (Å²) in [6.45, 7) is 3.03. The van der Waals surface area contributed by atoms with Gasteiger partial charge in [0.1, 0.15) is 17.1 Å². The predicted molar refractivity (Wildman–Crippen MR) is 81.4 cm³/mol. The highest BCUT2D eigenvalue weighted by atomic mass is 32.2. The summed E-state index contributed by atoms with van der Waals surface area (Å²) in [6, 6.07) is 1.68. The van der Waals surface area contributed by atoms with Crippen LogP contribution in [0.5, 0.6) is 0 Å². The number of nitrogens with one attached hydrogen (secondary N) is 2. The number of rotatable bonds is 6. The zero-order valence-corrected chi connectivity index (χ0v) is 13.1. The average molecular weight is 299 g/mol. The van der Waals surface area contributed by atoms with E-state index in [1.54, 1.807) is 31.8 Å². The van der Waals surface area contributed by atoms with Crippen LogP contribution in [-0.4, -0.2) is 44.6 Å². The molecule has 0 spiro atoms. The number of hydrogen-bond acceptors (Lipinski definition) is 5. The van der Waals surface area contributed by atoms with Crippen molar-refractivity contribution in [2.24, 2.45) is 4.99 Å². The molecule has 0 saturated carbocycles. The highest BCUT2D eigenvalue weighted by molar-refractivity contribution is 7.98. The Morgan fingerprint density at radius 2 is 2.25 bits per heavy atom. The Morgan fingerprint density at radius 3 is 2.85 bits per heavy atom. The number of nitrogens with zero attached hydrogens (tertiary/aromatic N) is 1. The maximum atomic E-state index is 11.5. The van der Waals surface area contributed by atoms with Gasteiger partial charge < -0.3 is 19.8 Å². The first-order chi connectivity index (χ1) is 9.62. The summed E-state index contributed by atoms with van der Waals surface area (Å²) in [5, 5.41) is 6.31. The van der Waals surface area contributed by atoms with Crippen molar-refractivity contribution in [3.63, 3.8) is 0 Å². The highest BCUT2D eigenvalue weighted by Gasteiger charge is 2.15. The molecule has 0 radical (unpaired) electrons. The van der Waals surface area contributed by atoms with E-state index < -0.39 is 0 Å². The van der Waals surface area contributed by atoms with Gasteiger partial charge in [0, 0.05) is 19.3 Å². The smallest absolute Gasteiger partial charge is 0.341 e. The summed E-state index contributed by atoms with van der Waals surface area (Å²) in [5.74, 6) is 2.54. The molecule has 0 aliphatic carbocycles. The first-order valence-corrected chi connectivity index (χ1v) is 7.62. The second kappa shape index (κ2) is 8.52. The van der Waals surface area contributed by atoms with E-state index in [9.17, 15) is 4.79 Å². The maximum absolute atomic E-state index is 11.5. The first kappa shape index (κ1) is 16.4. The predicted octanol–water partition coefficient (Wildman–Crippen LogP) is 1.40. The monoisotopic (exact) mass is 299 g/mol. The van der Waals surface area contributed by atoms with Crippen LogP contribution in [0, 0.1) is 6.92 Å². The third kappa shape index (κ3) is 4.80. The van der Waals surface area contributed by atoms with E-state index in [-0.39, 0.29) is 5.97 Å². The largest absolute Gasteiger partial charge is 0.465 e. The molecule has 0 atom stereocenters. The summed E-state index contributed by atoms with van der Waals surface area (Å²) in [7, 11) is 3.06. The van der Waals surface area contributed by atoms with E-state index in [1.807, 2.05) is 0 Å². The van der Waals surface area contributed by atoms with E-state index in [0.29, 0.717) is 29.6 Å². The average Bonchev–Trinajstić information content (AvgIpc) is 2.83. The molecular weight excluding hydrogens is 278 g/mol. The quantitative estimate of drug-likeness (QED) is 0.358. The number of aryl methyl sites for hydroxylation is 1. The van der Waals surface area contributed by atoms with Crippen molar-refractivity contribution >= 4 is 23.7 Å². The molecule has 1 rings (SSSR count). The third-order valence-corrected chi connectivity index (χ3v) is 3.24. The van der Waals surface area contributed by atoms with Gasteiger partial charge in [0.05, 0.1) is 13.7 Å². The van der Waals surface area contributed by atoms with Crippen LogP contribution in [0.25, 0.3) is 0 Å². The summed E-state index contributed by atoms with van der Waals surface area (Å²) in [6.07, 6.45) is 2.05. The maximum Gasteiger partial charge on any atom is 0.341 e. The minimum absolute atomic E-state index is 0.389. The Balaban J connectivity index is 2.54. The molecule has 7 heteroatoms. The number of carbonyl (C=O) groups is 1. The molecule has 6 nitrogen and oxygen atoms in total. The Labute approximate surface area is 123 Å². The lowest BCUT2D eigenvalue weighted by molar-refractivity contribution is 0.0599. The zero-order chi connectivity index (χ0) is 15.0. The lowest BCUT2D eigenvalue weighted by atomic mass is 10.2. The van der Waals surface area contributed by atoms with Crippen molar-refractivity contribution in [2.45, 2.75) is 13.5 Å². The molecule has 1 heterocycles. The van der Waals surface area contributed by atoms with Gasteiger partial charge in [-0.25, -0.2) is 4.79 Å². The minimum atomic E-state index is -0.389. The number of hydrogen-bond donors (Lipinski definition) is 2. The SMILES string of the molecule is CN=C(NCCSC)NCc1cc(C(=O)OC)c(C)o1. The zero-order valence-electron chi connectivity index (χ0n) is 12.3. The Kier molecular flexibility index (Phi) is 7.00. The van der Waals surface area contributed by atoms with Crippen LogP contribution in [0.3, 0.4) is 0 Å². The standard InChI is InChI=1S/C13H21N3O3S/c1-9-11(12(17)18-3)7-10(19-9)8-16-13(14-2)15-5-6-20-4/h7H,5-6,8H2,1-4H3,(H2,14,15,16). The van der Waals surface area contributed by atoms with E-state index >= 15 is 0 Å². The van der Waals surface area contributed by atoms with E-state index in [2.05, 4.69) is 26.6 Å². The molecule has 0 bridgehead atoms. The van der Waals surface area contributed by atoms with Crippen molar-refractivity contribution in [3.05, 3.63) is 23.2 Å². The third-order valence-electron chi connectivity index (χ3n) is 2.63. The van der Waals surface area contributed by atoms with Gasteiger partial charge in [-0.1, -0.05) is 0 Å². The van der Waals surface area contributed by atoms with Crippen LogP contribution in [0.15, 0.2) is 15.5 Å². The molecule has 20 heavy (non-hydrogen) atoms. The van der Waals surface area contributed by atoms with Crippen LogP contribution in [0.1, 0.15) is 21.9 Å². The van der Waals surface area contributed by atoms with Crippen molar-refractivity contribution in [1.82, 2.24) is 10.6 Å². The summed E-state index contributed by atoms with van der Waals surface area (Å²) in [5.41, 5.74) is 0.453. The summed E-state index contributed by atoms with van der Waals surface area (Å²) < 4.78 is 10.2. The van der Waals surface area contributed by atoms with E-state index in [4.69, 9.17) is 4.42 Å². The number of thioether (sulfide) groups is 1. The van der Waals surface area contributed by atoms with Crippen LogP contribution in [0.2, 0.25) is 0 Å². The fourth-order valence-electron chi connectivity index (χ4n) is 1.61. The molecule has 0 fully saturated rings.